The zero-order valence-corrected chi connectivity index (χ0v) is 13.3. The molecule has 24 heavy (non-hydrogen) atoms. The predicted molar refractivity (Wildman–Crippen MR) is 84.0 cm³/mol. The summed E-state index contributed by atoms with van der Waals surface area (Å²) in [7, 11) is 3.03. The molecule has 2 aromatic rings. The van der Waals surface area contributed by atoms with Gasteiger partial charge in [0.1, 0.15) is 18.0 Å². The van der Waals surface area contributed by atoms with E-state index in [0.29, 0.717) is 17.1 Å². The molecule has 0 saturated heterocycles. The Bertz CT molecular complexity index is 699. The highest BCUT2D eigenvalue weighted by atomic mass is 16.5. The van der Waals surface area contributed by atoms with Gasteiger partial charge in [0.05, 0.1) is 32.2 Å². The van der Waals surface area contributed by atoms with Gasteiger partial charge in [-0.2, -0.15) is 10.2 Å². The minimum Gasteiger partial charge on any atom is -0.497 e. The number of benzene rings is 1. The smallest absolute Gasteiger partial charge is 0.323 e. The van der Waals surface area contributed by atoms with E-state index in [2.05, 4.69) is 10.2 Å². The second kappa shape index (κ2) is 7.91. The number of hydrogen-bond donors (Lipinski definition) is 1. The number of carbonyl (C=O) groups is 2. The van der Waals surface area contributed by atoms with Gasteiger partial charge in [-0.05, 0) is 23.8 Å². The molecule has 0 aliphatic rings. The molecule has 2 rings (SSSR count). The van der Waals surface area contributed by atoms with Crippen LogP contribution in [0.2, 0.25) is 0 Å². The maximum absolute atomic E-state index is 12.5. The van der Waals surface area contributed by atoms with Crippen molar-refractivity contribution in [3.8, 4) is 11.5 Å². The fraction of sp³-hybridized carbons (Fsp3) is 0.250. The number of amides is 1. The van der Waals surface area contributed by atoms with Gasteiger partial charge in [-0.3, -0.25) is 9.59 Å². The Morgan fingerprint density at radius 2 is 1.79 bits per heavy atom. The van der Waals surface area contributed by atoms with Crippen LogP contribution in [0.4, 0.5) is 0 Å². The molecule has 1 heterocycles. The molecule has 1 aromatic heterocycles. The summed E-state index contributed by atoms with van der Waals surface area (Å²) < 4.78 is 10.4. The standard InChI is InChI=1S/C16H17N3O5/c1-23-13-5-11(6-14(7-13)24-2)9-19(10-15(20)21)16(22)12-3-4-17-18-8-12/h3-8H,9-10H2,1-2H3,(H,20,21). The SMILES string of the molecule is COc1cc(CN(CC(=O)O)C(=O)c2ccnnc2)cc(OC)c1. The van der Waals surface area contributed by atoms with Crippen molar-refractivity contribution in [2.24, 2.45) is 0 Å². The molecule has 0 fully saturated rings. The molecule has 8 nitrogen and oxygen atoms in total. The maximum atomic E-state index is 12.5. The molecule has 0 saturated carbocycles. The summed E-state index contributed by atoms with van der Waals surface area (Å²) in [4.78, 5) is 24.8. The zero-order chi connectivity index (χ0) is 17.5. The predicted octanol–water partition coefficient (Wildman–Crippen LogP) is 1.22. The topological polar surface area (TPSA) is 102 Å². The number of rotatable bonds is 7. The summed E-state index contributed by atoms with van der Waals surface area (Å²) in [6, 6.07) is 6.61. The molecule has 0 aliphatic carbocycles. The van der Waals surface area contributed by atoms with E-state index in [0.717, 1.165) is 0 Å². The third-order valence-electron chi connectivity index (χ3n) is 3.23. The molecule has 0 bridgehead atoms. The quantitative estimate of drug-likeness (QED) is 0.814. The van der Waals surface area contributed by atoms with Crippen LogP contribution in [0.5, 0.6) is 11.5 Å². The monoisotopic (exact) mass is 331 g/mol. The molecule has 0 aliphatic heterocycles. The molecule has 0 unspecified atom stereocenters. The van der Waals surface area contributed by atoms with Crippen molar-refractivity contribution in [2.45, 2.75) is 6.54 Å². The van der Waals surface area contributed by atoms with Crippen molar-refractivity contribution >= 4 is 11.9 Å². The van der Waals surface area contributed by atoms with E-state index in [1.807, 2.05) is 0 Å². The lowest BCUT2D eigenvalue weighted by Crippen LogP contribution is -2.35. The van der Waals surface area contributed by atoms with E-state index < -0.39 is 18.4 Å². The lowest BCUT2D eigenvalue weighted by molar-refractivity contribution is -0.137. The van der Waals surface area contributed by atoms with Crippen LogP contribution in [0.15, 0.2) is 36.7 Å². The van der Waals surface area contributed by atoms with Crippen molar-refractivity contribution in [2.75, 3.05) is 20.8 Å². The van der Waals surface area contributed by atoms with Gasteiger partial charge in [0, 0.05) is 12.6 Å². The molecular formula is C16H17N3O5. The van der Waals surface area contributed by atoms with E-state index in [9.17, 15) is 9.59 Å². The summed E-state index contributed by atoms with van der Waals surface area (Å²) in [5.74, 6) is -0.454. The third kappa shape index (κ3) is 4.42. The summed E-state index contributed by atoms with van der Waals surface area (Å²) in [6.07, 6.45) is 2.67. The molecule has 0 radical (unpaired) electrons. The van der Waals surface area contributed by atoms with Crippen molar-refractivity contribution in [3.63, 3.8) is 0 Å². The Hall–Kier alpha value is -3.16. The fourth-order valence-electron chi connectivity index (χ4n) is 2.14. The molecule has 1 aromatic carbocycles. The number of hydrogen-bond acceptors (Lipinski definition) is 6. The highest BCUT2D eigenvalue weighted by molar-refractivity contribution is 5.95. The number of carboxylic acid groups (broad SMARTS) is 1. The average molecular weight is 331 g/mol. The molecule has 1 N–H and O–H groups in total. The summed E-state index contributed by atoms with van der Waals surface area (Å²) in [5, 5.41) is 16.3. The number of aromatic nitrogens is 2. The van der Waals surface area contributed by atoms with Gasteiger partial charge < -0.3 is 19.5 Å². The highest BCUT2D eigenvalue weighted by Crippen LogP contribution is 2.23. The first kappa shape index (κ1) is 17.2. The number of ether oxygens (including phenoxy) is 2. The Morgan fingerprint density at radius 3 is 2.29 bits per heavy atom. The minimum atomic E-state index is -1.11. The lowest BCUT2D eigenvalue weighted by atomic mass is 10.1. The van der Waals surface area contributed by atoms with Crippen LogP contribution in [-0.2, 0) is 11.3 Å². The van der Waals surface area contributed by atoms with Gasteiger partial charge >= 0.3 is 5.97 Å². The van der Waals surface area contributed by atoms with Crippen LogP contribution < -0.4 is 9.47 Å². The number of carboxylic acids is 1. The molecule has 8 heteroatoms. The highest BCUT2D eigenvalue weighted by Gasteiger charge is 2.20. The Balaban J connectivity index is 2.29. The Morgan fingerprint density at radius 1 is 1.12 bits per heavy atom. The maximum Gasteiger partial charge on any atom is 0.323 e. The normalized spacial score (nSPS) is 10.1. The van der Waals surface area contributed by atoms with Crippen molar-refractivity contribution in [3.05, 3.63) is 47.8 Å². The van der Waals surface area contributed by atoms with Crippen LogP contribution >= 0.6 is 0 Å². The summed E-state index contributed by atoms with van der Waals surface area (Å²) in [5.41, 5.74) is 0.948. The van der Waals surface area contributed by atoms with Gasteiger partial charge in [-0.1, -0.05) is 0 Å². The molecule has 126 valence electrons. The number of carbonyl (C=O) groups excluding carboxylic acids is 1. The van der Waals surface area contributed by atoms with E-state index in [1.54, 1.807) is 18.2 Å². The van der Waals surface area contributed by atoms with Crippen molar-refractivity contribution in [1.82, 2.24) is 15.1 Å². The van der Waals surface area contributed by atoms with Crippen LogP contribution in [0.25, 0.3) is 0 Å². The second-order valence-electron chi connectivity index (χ2n) is 4.91. The molecular weight excluding hydrogens is 314 g/mol. The fourth-order valence-corrected chi connectivity index (χ4v) is 2.14. The molecule has 0 spiro atoms. The number of aliphatic carboxylic acids is 1. The molecule has 0 atom stereocenters. The van der Waals surface area contributed by atoms with E-state index in [4.69, 9.17) is 14.6 Å². The number of nitrogens with zero attached hydrogens (tertiary/aromatic N) is 3. The van der Waals surface area contributed by atoms with Crippen LogP contribution in [-0.4, -0.2) is 52.8 Å². The largest absolute Gasteiger partial charge is 0.497 e. The summed E-state index contributed by atoms with van der Waals surface area (Å²) in [6.45, 7) is -0.359. The zero-order valence-electron chi connectivity index (χ0n) is 13.3. The van der Waals surface area contributed by atoms with Crippen LogP contribution in [0.1, 0.15) is 15.9 Å². The van der Waals surface area contributed by atoms with E-state index in [-0.39, 0.29) is 12.1 Å². The van der Waals surface area contributed by atoms with Crippen molar-refractivity contribution < 1.29 is 24.2 Å². The van der Waals surface area contributed by atoms with Crippen LogP contribution in [0.3, 0.4) is 0 Å². The average Bonchev–Trinajstić information content (AvgIpc) is 2.60. The lowest BCUT2D eigenvalue weighted by Gasteiger charge is -2.21. The van der Waals surface area contributed by atoms with Gasteiger partial charge in [0.25, 0.3) is 5.91 Å². The van der Waals surface area contributed by atoms with E-state index in [1.165, 1.54) is 37.6 Å². The Kier molecular flexibility index (Phi) is 5.67. The van der Waals surface area contributed by atoms with Gasteiger partial charge in [-0.15, -0.1) is 0 Å². The minimum absolute atomic E-state index is 0.0843. The van der Waals surface area contributed by atoms with Gasteiger partial charge in [0.15, 0.2) is 0 Å². The number of methoxy groups -OCH3 is 2. The molecule has 1 amide bonds. The first-order chi connectivity index (χ1) is 11.5. The van der Waals surface area contributed by atoms with Gasteiger partial charge in [-0.25, -0.2) is 0 Å². The second-order valence-corrected chi connectivity index (χ2v) is 4.91. The summed E-state index contributed by atoms with van der Waals surface area (Å²) >= 11 is 0. The third-order valence-corrected chi connectivity index (χ3v) is 3.23. The first-order valence-electron chi connectivity index (χ1n) is 7.03. The van der Waals surface area contributed by atoms with Gasteiger partial charge in [0.2, 0.25) is 0 Å². The Labute approximate surface area is 138 Å². The van der Waals surface area contributed by atoms with Crippen molar-refractivity contribution in [1.29, 1.82) is 0 Å². The van der Waals surface area contributed by atoms with Crippen LogP contribution in [0, 0.1) is 0 Å². The first-order valence-corrected chi connectivity index (χ1v) is 7.03. The van der Waals surface area contributed by atoms with E-state index >= 15 is 0 Å².